The number of hydrogen-bond donors (Lipinski definition) is 2. The van der Waals surface area contributed by atoms with Gasteiger partial charge in [0.2, 0.25) is 11.8 Å². The van der Waals surface area contributed by atoms with Crippen LogP contribution in [0.1, 0.15) is 36.8 Å². The molecule has 3 rings (SSSR count). The number of hydrogen-bond acceptors (Lipinski definition) is 2. The van der Waals surface area contributed by atoms with E-state index in [4.69, 9.17) is 0 Å². The monoisotopic (exact) mass is 410 g/mol. The summed E-state index contributed by atoms with van der Waals surface area (Å²) in [5, 5.41) is 5.94. The van der Waals surface area contributed by atoms with Crippen molar-refractivity contribution in [3.05, 3.63) is 83.4 Å². The molecule has 30 heavy (non-hydrogen) atoms. The van der Waals surface area contributed by atoms with Gasteiger partial charge < -0.3 is 10.6 Å². The highest BCUT2D eigenvalue weighted by Gasteiger charge is 2.22. The SMILES string of the molecule is O=C(C=Cc1ccc(F)cc1)NC1CCC(NC(=O)C=Cc2ccc(F)cc2)CC1. The molecule has 0 spiro atoms. The van der Waals surface area contributed by atoms with E-state index < -0.39 is 0 Å². The highest BCUT2D eigenvalue weighted by atomic mass is 19.1. The van der Waals surface area contributed by atoms with Gasteiger partial charge in [-0.15, -0.1) is 0 Å². The predicted octanol–water partition coefficient (Wildman–Crippen LogP) is 4.24. The molecule has 1 saturated carbocycles. The number of nitrogens with one attached hydrogen (secondary N) is 2. The van der Waals surface area contributed by atoms with Crippen LogP contribution >= 0.6 is 0 Å². The lowest BCUT2D eigenvalue weighted by molar-refractivity contribution is -0.118. The first-order valence-electron chi connectivity index (χ1n) is 9.96. The van der Waals surface area contributed by atoms with Crippen LogP contribution in [0, 0.1) is 11.6 Å². The van der Waals surface area contributed by atoms with Crippen LogP contribution in [0.5, 0.6) is 0 Å². The van der Waals surface area contributed by atoms with Gasteiger partial charge in [-0.05, 0) is 73.2 Å². The van der Waals surface area contributed by atoms with Crippen molar-refractivity contribution in [3.8, 4) is 0 Å². The van der Waals surface area contributed by atoms with Gasteiger partial charge in [0.15, 0.2) is 0 Å². The maximum atomic E-state index is 12.9. The molecule has 4 nitrogen and oxygen atoms in total. The minimum atomic E-state index is -0.314. The Hall–Kier alpha value is -3.28. The summed E-state index contributed by atoms with van der Waals surface area (Å²) in [7, 11) is 0. The zero-order valence-corrected chi connectivity index (χ0v) is 16.5. The minimum Gasteiger partial charge on any atom is -0.350 e. The smallest absolute Gasteiger partial charge is 0.244 e. The molecule has 2 aromatic carbocycles. The molecule has 0 saturated heterocycles. The Morgan fingerprint density at radius 1 is 0.667 bits per heavy atom. The fourth-order valence-corrected chi connectivity index (χ4v) is 3.37. The molecule has 0 aromatic heterocycles. The lowest BCUT2D eigenvalue weighted by atomic mass is 9.91. The standard InChI is InChI=1S/C24H24F2N2O2/c25-19-7-1-17(2-8-19)5-15-23(29)27-21-11-13-22(14-12-21)28-24(30)16-6-18-3-9-20(26)10-4-18/h1-10,15-16,21-22H,11-14H2,(H,27,29)(H,28,30). The van der Waals surface area contributed by atoms with E-state index in [0.717, 1.165) is 36.8 Å². The molecule has 1 aliphatic carbocycles. The van der Waals surface area contributed by atoms with Crippen molar-refractivity contribution >= 4 is 24.0 Å². The van der Waals surface area contributed by atoms with Gasteiger partial charge in [0.25, 0.3) is 0 Å². The van der Waals surface area contributed by atoms with Crippen molar-refractivity contribution in [2.75, 3.05) is 0 Å². The van der Waals surface area contributed by atoms with Crippen molar-refractivity contribution in [2.45, 2.75) is 37.8 Å². The zero-order chi connectivity index (χ0) is 21.3. The number of amides is 2. The summed E-state index contributed by atoms with van der Waals surface area (Å²) < 4.78 is 25.8. The first-order chi connectivity index (χ1) is 14.5. The van der Waals surface area contributed by atoms with Crippen LogP contribution in [0.3, 0.4) is 0 Å². The van der Waals surface area contributed by atoms with E-state index in [0.29, 0.717) is 0 Å². The summed E-state index contributed by atoms with van der Waals surface area (Å²) in [5.74, 6) is -0.999. The summed E-state index contributed by atoms with van der Waals surface area (Å²) in [6.45, 7) is 0. The van der Waals surface area contributed by atoms with E-state index in [1.807, 2.05) is 0 Å². The van der Waals surface area contributed by atoms with Crippen molar-refractivity contribution in [3.63, 3.8) is 0 Å². The molecule has 2 N–H and O–H groups in total. The van der Waals surface area contributed by atoms with Gasteiger partial charge in [0.05, 0.1) is 0 Å². The van der Waals surface area contributed by atoms with Crippen LogP contribution in [0.25, 0.3) is 12.2 Å². The molecule has 0 radical (unpaired) electrons. The van der Waals surface area contributed by atoms with Crippen LogP contribution in [0.2, 0.25) is 0 Å². The maximum Gasteiger partial charge on any atom is 0.244 e. The van der Waals surface area contributed by atoms with Crippen LogP contribution in [0.15, 0.2) is 60.7 Å². The van der Waals surface area contributed by atoms with Gasteiger partial charge in [-0.3, -0.25) is 9.59 Å². The first-order valence-corrected chi connectivity index (χ1v) is 9.96. The van der Waals surface area contributed by atoms with Crippen LogP contribution < -0.4 is 10.6 Å². The van der Waals surface area contributed by atoms with Crippen molar-refractivity contribution in [1.29, 1.82) is 0 Å². The molecule has 2 aromatic rings. The Balaban J connectivity index is 1.38. The van der Waals surface area contributed by atoms with Crippen LogP contribution in [0.4, 0.5) is 8.78 Å². The third-order valence-corrected chi connectivity index (χ3v) is 5.01. The molecule has 156 valence electrons. The normalized spacial score (nSPS) is 19.1. The molecule has 1 aliphatic rings. The lowest BCUT2D eigenvalue weighted by Crippen LogP contribution is -2.43. The minimum absolute atomic E-state index is 0.0678. The summed E-state index contributed by atoms with van der Waals surface area (Å²) in [6.07, 6.45) is 9.31. The number of rotatable bonds is 6. The quantitative estimate of drug-likeness (QED) is 0.700. The molecule has 6 heteroatoms. The highest BCUT2D eigenvalue weighted by Crippen LogP contribution is 2.19. The van der Waals surface area contributed by atoms with Gasteiger partial charge >= 0.3 is 0 Å². The van der Waals surface area contributed by atoms with Gasteiger partial charge in [-0.1, -0.05) is 24.3 Å². The van der Waals surface area contributed by atoms with E-state index >= 15 is 0 Å². The highest BCUT2D eigenvalue weighted by molar-refractivity contribution is 5.92. The van der Waals surface area contributed by atoms with Crippen molar-refractivity contribution < 1.29 is 18.4 Å². The van der Waals surface area contributed by atoms with Gasteiger partial charge in [0, 0.05) is 24.2 Å². The second-order valence-electron chi connectivity index (χ2n) is 7.34. The number of carbonyl (C=O) groups excluding carboxylic acids is 2. The predicted molar refractivity (Wildman–Crippen MR) is 113 cm³/mol. The Bertz CT molecular complexity index is 836. The Morgan fingerprint density at radius 2 is 1.00 bits per heavy atom. The molecule has 0 bridgehead atoms. The third-order valence-electron chi connectivity index (χ3n) is 5.01. The summed E-state index contributed by atoms with van der Waals surface area (Å²) >= 11 is 0. The Labute approximate surface area is 174 Å². The fraction of sp³-hybridized carbons (Fsp3) is 0.250. The van der Waals surface area contributed by atoms with Crippen molar-refractivity contribution in [1.82, 2.24) is 10.6 Å². The van der Waals surface area contributed by atoms with E-state index in [2.05, 4.69) is 10.6 Å². The second kappa shape index (κ2) is 10.5. The maximum absolute atomic E-state index is 12.9. The van der Waals surface area contributed by atoms with Crippen molar-refractivity contribution in [2.24, 2.45) is 0 Å². The average Bonchev–Trinajstić information content (AvgIpc) is 2.74. The molecule has 0 unspecified atom stereocenters. The van der Waals surface area contributed by atoms with Crippen LogP contribution in [-0.4, -0.2) is 23.9 Å². The second-order valence-corrected chi connectivity index (χ2v) is 7.34. The topological polar surface area (TPSA) is 58.2 Å². The lowest BCUT2D eigenvalue weighted by Gasteiger charge is -2.29. The molecule has 0 heterocycles. The Kier molecular flexibility index (Phi) is 7.49. The van der Waals surface area contributed by atoms with E-state index in [1.165, 1.54) is 36.4 Å². The van der Waals surface area contributed by atoms with E-state index in [-0.39, 0.29) is 35.5 Å². The molecule has 0 aliphatic heterocycles. The van der Waals surface area contributed by atoms with Gasteiger partial charge in [-0.2, -0.15) is 0 Å². The zero-order valence-electron chi connectivity index (χ0n) is 16.5. The fourth-order valence-electron chi connectivity index (χ4n) is 3.37. The molecule has 2 amide bonds. The molecule has 0 atom stereocenters. The summed E-state index contributed by atoms with van der Waals surface area (Å²) in [6, 6.07) is 12.0. The van der Waals surface area contributed by atoms with Gasteiger partial charge in [0.1, 0.15) is 11.6 Å². The van der Waals surface area contributed by atoms with Gasteiger partial charge in [-0.25, -0.2) is 8.78 Å². The molecular weight excluding hydrogens is 386 g/mol. The average molecular weight is 410 g/mol. The first kappa shape index (κ1) is 21.4. The number of halogens is 2. The number of benzene rings is 2. The van der Waals surface area contributed by atoms with E-state index in [9.17, 15) is 18.4 Å². The summed E-state index contributed by atoms with van der Waals surface area (Å²) in [5.41, 5.74) is 1.51. The number of carbonyl (C=O) groups is 2. The largest absolute Gasteiger partial charge is 0.350 e. The van der Waals surface area contributed by atoms with E-state index in [1.54, 1.807) is 36.4 Å². The molecular formula is C24H24F2N2O2. The third kappa shape index (κ3) is 6.95. The Morgan fingerprint density at radius 3 is 1.33 bits per heavy atom. The summed E-state index contributed by atoms with van der Waals surface area (Å²) in [4.78, 5) is 24.2. The van der Waals surface area contributed by atoms with Crippen LogP contribution in [-0.2, 0) is 9.59 Å². The molecule has 1 fully saturated rings.